The van der Waals surface area contributed by atoms with Gasteiger partial charge in [0.25, 0.3) is 5.91 Å². The Morgan fingerprint density at radius 3 is 2.68 bits per heavy atom. The molecule has 2 N–H and O–H groups in total. The molecule has 7 heteroatoms. The summed E-state index contributed by atoms with van der Waals surface area (Å²) in [5.41, 5.74) is 3.22. The van der Waals surface area contributed by atoms with E-state index < -0.39 is 12.6 Å². The second-order valence-corrected chi connectivity index (χ2v) is 3.69. The molecule has 1 amide bonds. The van der Waals surface area contributed by atoms with Crippen LogP contribution in [0.1, 0.15) is 24.3 Å². The number of nitrogens with zero attached hydrogens (tertiary/aromatic N) is 2. The average molecular weight is 267 g/mol. The van der Waals surface area contributed by atoms with E-state index in [1.165, 1.54) is 12.3 Å². The highest BCUT2D eigenvalue weighted by Crippen LogP contribution is 2.10. The first-order chi connectivity index (χ1) is 9.08. The van der Waals surface area contributed by atoms with E-state index in [1.807, 2.05) is 13.8 Å². The summed E-state index contributed by atoms with van der Waals surface area (Å²) < 4.78 is 0. The Hall–Kier alpha value is -2.15. The Labute approximate surface area is 111 Å². The zero-order valence-corrected chi connectivity index (χ0v) is 10.9. The van der Waals surface area contributed by atoms with Gasteiger partial charge < -0.3 is 10.0 Å². The van der Waals surface area contributed by atoms with Gasteiger partial charge in [-0.1, -0.05) is 0 Å². The summed E-state index contributed by atoms with van der Waals surface area (Å²) in [6, 6.07) is 3.10. The molecule has 0 aromatic carbocycles. The Morgan fingerprint density at radius 1 is 1.42 bits per heavy atom. The summed E-state index contributed by atoms with van der Waals surface area (Å²) in [6.45, 7) is 4.51. The first-order valence-corrected chi connectivity index (χ1v) is 5.93. The quantitative estimate of drug-likeness (QED) is 0.716. The molecule has 1 rings (SSSR count). The fraction of sp³-hybridized carbons (Fsp3) is 0.417. The smallest absolute Gasteiger partial charge is 0.332 e. The predicted octanol–water partition coefficient (Wildman–Crippen LogP) is 0.992. The minimum atomic E-state index is -1.08. The van der Waals surface area contributed by atoms with Gasteiger partial charge >= 0.3 is 5.97 Å². The fourth-order valence-electron chi connectivity index (χ4n) is 1.46. The van der Waals surface area contributed by atoms with Gasteiger partial charge in [0, 0.05) is 19.3 Å². The highest BCUT2D eigenvalue weighted by molar-refractivity contribution is 5.93. The second kappa shape index (κ2) is 7.32. The number of anilines is 1. The molecule has 0 bridgehead atoms. The summed E-state index contributed by atoms with van der Waals surface area (Å²) in [4.78, 5) is 32.7. The van der Waals surface area contributed by atoms with Gasteiger partial charge in [-0.2, -0.15) is 0 Å². The maximum atomic E-state index is 12.0. The number of rotatable bonds is 7. The third-order valence-corrected chi connectivity index (χ3v) is 2.42. The predicted molar refractivity (Wildman–Crippen MR) is 68.7 cm³/mol. The maximum absolute atomic E-state index is 12.0. The van der Waals surface area contributed by atoms with E-state index in [0.717, 1.165) is 0 Å². The monoisotopic (exact) mass is 267 g/mol. The lowest BCUT2D eigenvalue weighted by molar-refractivity contribution is -0.141. The molecule has 1 heterocycles. The van der Waals surface area contributed by atoms with Crippen LogP contribution in [0.5, 0.6) is 0 Å². The minimum absolute atomic E-state index is 0.174. The molecule has 0 saturated carbocycles. The molecule has 0 aliphatic carbocycles. The third-order valence-electron chi connectivity index (χ3n) is 2.42. The van der Waals surface area contributed by atoms with Gasteiger partial charge in [-0.05, 0) is 26.0 Å². The normalized spacial score (nSPS) is 10.0. The van der Waals surface area contributed by atoms with Gasteiger partial charge in [0.2, 0.25) is 0 Å². The number of amides is 1. The van der Waals surface area contributed by atoms with Crippen LogP contribution < -0.4 is 5.48 Å². The van der Waals surface area contributed by atoms with Gasteiger partial charge in [-0.25, -0.2) is 4.79 Å². The van der Waals surface area contributed by atoms with E-state index in [-0.39, 0.29) is 11.6 Å². The SMILES string of the molecule is CCN(CC)C(=O)c1cc(NOCC(=O)O)ccn1. The van der Waals surface area contributed by atoms with Gasteiger partial charge in [0.15, 0.2) is 6.61 Å². The number of carboxylic acid groups (broad SMARTS) is 1. The van der Waals surface area contributed by atoms with Crippen molar-refractivity contribution in [3.63, 3.8) is 0 Å². The topological polar surface area (TPSA) is 91.8 Å². The molecule has 0 saturated heterocycles. The van der Waals surface area contributed by atoms with E-state index in [9.17, 15) is 9.59 Å². The molecule has 0 spiro atoms. The molecular formula is C12H17N3O4. The number of pyridine rings is 1. The lowest BCUT2D eigenvalue weighted by atomic mass is 10.3. The molecule has 0 aliphatic heterocycles. The zero-order valence-electron chi connectivity index (χ0n) is 10.9. The highest BCUT2D eigenvalue weighted by atomic mass is 16.7. The molecule has 19 heavy (non-hydrogen) atoms. The molecule has 0 radical (unpaired) electrons. The molecule has 104 valence electrons. The molecule has 0 aliphatic rings. The van der Waals surface area contributed by atoms with Crippen LogP contribution in [0, 0.1) is 0 Å². The molecule has 0 unspecified atom stereocenters. The van der Waals surface area contributed by atoms with Crippen molar-refractivity contribution in [3.05, 3.63) is 24.0 Å². The standard InChI is InChI=1S/C12H17N3O4/c1-3-15(4-2)12(18)10-7-9(5-6-13-10)14-19-8-11(16)17/h5-7H,3-4,8H2,1-2H3,(H,13,14)(H,16,17). The van der Waals surface area contributed by atoms with Crippen molar-refractivity contribution >= 4 is 17.6 Å². The first kappa shape index (κ1) is 14.9. The van der Waals surface area contributed by atoms with Gasteiger partial charge in [0.1, 0.15) is 5.69 Å². The van der Waals surface area contributed by atoms with Crippen molar-refractivity contribution < 1.29 is 19.5 Å². The van der Waals surface area contributed by atoms with Gasteiger partial charge in [0.05, 0.1) is 5.69 Å². The maximum Gasteiger partial charge on any atom is 0.332 e. The summed E-state index contributed by atoms with van der Waals surface area (Å²) in [5.74, 6) is -1.26. The Bertz CT molecular complexity index is 446. The van der Waals surface area contributed by atoms with Crippen LogP contribution >= 0.6 is 0 Å². The van der Waals surface area contributed by atoms with Crippen LogP contribution in [0.15, 0.2) is 18.3 Å². The van der Waals surface area contributed by atoms with Crippen molar-refractivity contribution in [1.82, 2.24) is 9.88 Å². The number of hydrogen-bond donors (Lipinski definition) is 2. The van der Waals surface area contributed by atoms with E-state index in [1.54, 1.807) is 11.0 Å². The van der Waals surface area contributed by atoms with Crippen molar-refractivity contribution in [3.8, 4) is 0 Å². The Balaban J connectivity index is 2.71. The van der Waals surface area contributed by atoms with Crippen LogP contribution in [-0.4, -0.2) is 46.6 Å². The Morgan fingerprint density at radius 2 is 2.11 bits per heavy atom. The number of aromatic nitrogens is 1. The highest BCUT2D eigenvalue weighted by Gasteiger charge is 2.14. The number of nitrogens with one attached hydrogen (secondary N) is 1. The molecule has 0 fully saturated rings. The lowest BCUT2D eigenvalue weighted by Gasteiger charge is -2.18. The Kier molecular flexibility index (Phi) is 5.74. The van der Waals surface area contributed by atoms with Crippen LogP contribution in [0.4, 0.5) is 5.69 Å². The molecule has 0 atom stereocenters. The molecule has 1 aromatic heterocycles. The largest absolute Gasteiger partial charge is 0.479 e. The lowest BCUT2D eigenvalue weighted by Crippen LogP contribution is -2.31. The third kappa shape index (κ3) is 4.55. The van der Waals surface area contributed by atoms with Crippen molar-refractivity contribution in [2.45, 2.75) is 13.8 Å². The van der Waals surface area contributed by atoms with Gasteiger partial charge in [-0.15, -0.1) is 0 Å². The van der Waals surface area contributed by atoms with Crippen molar-refractivity contribution in [2.24, 2.45) is 0 Å². The van der Waals surface area contributed by atoms with Gasteiger partial charge in [-0.3, -0.25) is 20.1 Å². The number of carbonyl (C=O) groups is 2. The van der Waals surface area contributed by atoms with Crippen LogP contribution in [0.2, 0.25) is 0 Å². The van der Waals surface area contributed by atoms with Crippen LogP contribution in [0.25, 0.3) is 0 Å². The summed E-state index contributed by atoms with van der Waals surface area (Å²) in [5, 5.41) is 8.43. The summed E-state index contributed by atoms with van der Waals surface area (Å²) >= 11 is 0. The number of carboxylic acids is 1. The zero-order chi connectivity index (χ0) is 14.3. The summed E-state index contributed by atoms with van der Waals surface area (Å²) in [7, 11) is 0. The molecule has 7 nitrogen and oxygen atoms in total. The number of carbonyl (C=O) groups excluding carboxylic acids is 1. The minimum Gasteiger partial charge on any atom is -0.479 e. The van der Waals surface area contributed by atoms with E-state index in [0.29, 0.717) is 18.8 Å². The first-order valence-electron chi connectivity index (χ1n) is 5.93. The molecule has 1 aromatic rings. The molecular weight excluding hydrogens is 250 g/mol. The fourth-order valence-corrected chi connectivity index (χ4v) is 1.46. The second-order valence-electron chi connectivity index (χ2n) is 3.69. The van der Waals surface area contributed by atoms with Crippen molar-refractivity contribution in [1.29, 1.82) is 0 Å². The number of hydrogen-bond acceptors (Lipinski definition) is 5. The van der Waals surface area contributed by atoms with E-state index in [2.05, 4.69) is 10.5 Å². The number of aliphatic carboxylic acids is 1. The van der Waals surface area contributed by atoms with E-state index in [4.69, 9.17) is 9.94 Å². The van der Waals surface area contributed by atoms with Crippen LogP contribution in [-0.2, 0) is 9.63 Å². The summed E-state index contributed by atoms with van der Waals surface area (Å²) in [6.07, 6.45) is 1.46. The van der Waals surface area contributed by atoms with E-state index >= 15 is 0 Å². The average Bonchev–Trinajstić information content (AvgIpc) is 2.40. The van der Waals surface area contributed by atoms with Crippen molar-refractivity contribution in [2.75, 3.05) is 25.2 Å². The van der Waals surface area contributed by atoms with Crippen LogP contribution in [0.3, 0.4) is 0 Å².